The zero-order valence-electron chi connectivity index (χ0n) is 6.78. The van der Waals surface area contributed by atoms with E-state index in [-0.39, 0.29) is 11.3 Å². The molecule has 0 amide bonds. The second-order valence-electron chi connectivity index (χ2n) is 1.95. The minimum absolute atomic E-state index is 0.0877. The molecule has 1 aromatic carbocycles. The summed E-state index contributed by atoms with van der Waals surface area (Å²) in [6.07, 6.45) is 0. The van der Waals surface area contributed by atoms with Crippen LogP contribution in [0.5, 0.6) is 5.75 Å². The monoisotopic (exact) mass is 153 g/mol. The molecule has 3 heteroatoms. The molecule has 0 aromatic heterocycles. The van der Waals surface area contributed by atoms with Crippen LogP contribution in [0.1, 0.15) is 11.7 Å². The summed E-state index contributed by atoms with van der Waals surface area (Å²) in [4.78, 5) is 11.0. The van der Waals surface area contributed by atoms with Gasteiger partial charge in [0.15, 0.2) is 0 Å². The van der Waals surface area contributed by atoms with Gasteiger partial charge in [0.2, 0.25) is 0 Å². The highest BCUT2D eigenvalue weighted by atomic mass is 16.5. The maximum absolute atomic E-state index is 11.0. The molecule has 0 radical (unpaired) electrons. The van der Waals surface area contributed by atoms with E-state index in [4.69, 9.17) is 6.48 Å². The summed E-state index contributed by atoms with van der Waals surface area (Å²) < 4.78 is 11.0. The van der Waals surface area contributed by atoms with Crippen molar-refractivity contribution in [2.45, 2.75) is 0 Å². The number of benzene rings is 1. The number of phenols is 1. The fourth-order valence-corrected chi connectivity index (χ4v) is 0.724. The molecule has 58 valence electrons. The number of ether oxygens (including phenoxy) is 1. The van der Waals surface area contributed by atoms with Gasteiger partial charge in [0, 0.05) is 0 Å². The Morgan fingerprint density at radius 3 is 3.00 bits per heavy atom. The van der Waals surface area contributed by atoms with E-state index in [1.165, 1.54) is 12.1 Å². The highest BCUT2D eigenvalue weighted by Gasteiger charge is 2.08. The van der Waals surface area contributed by atoms with Crippen LogP contribution in [0.25, 0.3) is 0 Å². The van der Waals surface area contributed by atoms with Gasteiger partial charge in [-0.15, -0.1) is 0 Å². The maximum atomic E-state index is 11.0. The molecular weight excluding hydrogens is 144 g/mol. The molecule has 0 aliphatic rings. The molecule has 0 aliphatic heterocycles. The van der Waals surface area contributed by atoms with E-state index in [0.717, 1.165) is 0 Å². The summed E-state index contributed by atoms with van der Waals surface area (Å²) in [6, 6.07) is 6.04. The predicted molar refractivity (Wildman–Crippen MR) is 39.4 cm³/mol. The topological polar surface area (TPSA) is 46.5 Å². The van der Waals surface area contributed by atoms with E-state index in [0.29, 0.717) is 0 Å². The van der Waals surface area contributed by atoms with Gasteiger partial charge in [0.05, 0.1) is 8.46 Å². The molecule has 0 fully saturated rings. The van der Waals surface area contributed by atoms with Gasteiger partial charge in [-0.1, -0.05) is 12.1 Å². The van der Waals surface area contributed by atoms with Crippen LogP contribution >= 0.6 is 0 Å². The molecule has 0 atom stereocenters. The molecule has 0 aliphatic carbocycles. The number of phenolic OH excluding ortho intramolecular Hbond substituents is 1. The molecule has 0 heterocycles. The lowest BCUT2D eigenvalue weighted by molar-refractivity contribution is 0.0597. The summed E-state index contributed by atoms with van der Waals surface area (Å²) >= 11 is 0. The van der Waals surface area contributed by atoms with Crippen molar-refractivity contribution in [1.29, 1.82) is 0 Å². The van der Waals surface area contributed by atoms with E-state index >= 15 is 0 Å². The smallest absolute Gasteiger partial charge is 0.341 e. The average Bonchev–Trinajstić information content (AvgIpc) is 2.05. The van der Waals surface area contributed by atoms with Crippen molar-refractivity contribution in [2.75, 3.05) is 7.09 Å². The molecule has 3 nitrogen and oxygen atoms in total. The number of methoxy groups -OCH3 is 1. The zero-order valence-corrected chi connectivity index (χ0v) is 5.78. The van der Waals surface area contributed by atoms with Gasteiger partial charge < -0.3 is 9.84 Å². The largest absolute Gasteiger partial charge is 0.507 e. The van der Waals surface area contributed by atoms with Crippen molar-refractivity contribution < 1.29 is 16.0 Å². The fraction of sp³-hybridized carbons (Fsp3) is 0.125. The normalized spacial score (nSPS) is 10.4. The Kier molecular flexibility index (Phi) is 1.73. The Balaban J connectivity index is 2.87. The van der Waals surface area contributed by atoms with Gasteiger partial charge >= 0.3 is 5.97 Å². The zero-order chi connectivity index (χ0) is 8.97. The van der Waals surface area contributed by atoms with E-state index in [1.807, 2.05) is 0 Å². The number of aromatic hydroxyl groups is 1. The van der Waals surface area contributed by atoms with Crippen LogP contribution < -0.4 is 0 Å². The molecule has 1 rings (SSSR count). The molecule has 1 aromatic rings. The second-order valence-corrected chi connectivity index (χ2v) is 1.95. The summed E-state index contributed by atoms with van der Waals surface area (Å²) in [5.41, 5.74) is 0.0877. The minimum Gasteiger partial charge on any atom is -0.507 e. The number of hydrogen-bond acceptors (Lipinski definition) is 3. The number of carbonyl (C=O) groups excluding carboxylic acids is 1. The van der Waals surface area contributed by atoms with Crippen molar-refractivity contribution in [3.63, 3.8) is 0 Å². The molecule has 0 saturated heterocycles. The van der Waals surface area contributed by atoms with Crippen LogP contribution in [-0.4, -0.2) is 18.2 Å². The Bertz CT molecular complexity index is 285. The Morgan fingerprint density at radius 2 is 2.36 bits per heavy atom. The molecular formula is C8H8O3. The minimum atomic E-state index is -0.678. The Morgan fingerprint density at radius 1 is 1.64 bits per heavy atom. The summed E-state index contributed by atoms with van der Waals surface area (Å²) in [5.74, 6) is -0.806. The van der Waals surface area contributed by atoms with Crippen LogP contribution in [-0.2, 0) is 4.74 Å². The summed E-state index contributed by atoms with van der Waals surface area (Å²) in [7, 11) is -0.437. The number of para-hydroxylation sites is 1. The quantitative estimate of drug-likeness (QED) is 0.616. The van der Waals surface area contributed by atoms with Gasteiger partial charge in [-0.25, -0.2) is 4.79 Å². The first-order valence-electron chi connectivity index (χ1n) is 3.70. The summed E-state index contributed by atoms with van der Waals surface area (Å²) in [6.45, 7) is 0. The van der Waals surface area contributed by atoms with Gasteiger partial charge in [0.25, 0.3) is 0 Å². The lowest BCUT2D eigenvalue weighted by Gasteiger charge is -1.99. The first-order chi connectivity index (χ1) is 5.75. The fourth-order valence-electron chi connectivity index (χ4n) is 0.724. The van der Waals surface area contributed by atoms with Crippen LogP contribution in [0, 0.1) is 0 Å². The van der Waals surface area contributed by atoms with E-state index < -0.39 is 13.1 Å². The highest BCUT2D eigenvalue weighted by Crippen LogP contribution is 2.15. The van der Waals surface area contributed by atoms with Gasteiger partial charge in [0.1, 0.15) is 11.3 Å². The van der Waals surface area contributed by atoms with Crippen LogP contribution in [0.2, 0.25) is 0 Å². The number of carbonyl (C=O) groups is 1. The second kappa shape index (κ2) is 3.05. The Labute approximate surface area is 65.6 Å². The van der Waals surface area contributed by atoms with Gasteiger partial charge in [-0.2, -0.15) is 0 Å². The number of rotatable bonds is 1. The standard InChI is InChI=1S/C8H8O3/c1-11-8(10)6-4-2-3-5-7(6)9/h2-5,9H,1H3/i1D. The third kappa shape index (κ3) is 1.49. The highest BCUT2D eigenvalue weighted by molar-refractivity contribution is 5.92. The molecule has 0 bridgehead atoms. The molecule has 0 spiro atoms. The van der Waals surface area contributed by atoms with Gasteiger partial charge in [-0.05, 0) is 12.1 Å². The average molecular weight is 153 g/mol. The van der Waals surface area contributed by atoms with Crippen LogP contribution in [0.15, 0.2) is 24.3 Å². The molecule has 0 saturated carbocycles. The van der Waals surface area contributed by atoms with Crippen molar-refractivity contribution >= 4 is 5.97 Å². The molecule has 1 N–H and O–H groups in total. The first kappa shape index (κ1) is 6.22. The van der Waals surface area contributed by atoms with Crippen molar-refractivity contribution in [3.05, 3.63) is 29.8 Å². The number of hydrogen-bond donors (Lipinski definition) is 1. The third-order valence-electron chi connectivity index (χ3n) is 1.26. The number of esters is 1. The van der Waals surface area contributed by atoms with E-state index in [9.17, 15) is 4.79 Å². The van der Waals surface area contributed by atoms with Crippen LogP contribution in [0.4, 0.5) is 0 Å². The van der Waals surface area contributed by atoms with Crippen LogP contribution in [0.3, 0.4) is 0 Å². The lowest BCUT2D eigenvalue weighted by atomic mass is 10.2. The van der Waals surface area contributed by atoms with Gasteiger partial charge in [-0.3, -0.25) is 0 Å². The lowest BCUT2D eigenvalue weighted by Crippen LogP contribution is -2.00. The van der Waals surface area contributed by atoms with E-state index in [1.54, 1.807) is 12.1 Å². The van der Waals surface area contributed by atoms with Crippen molar-refractivity contribution in [3.8, 4) is 5.75 Å². The molecule has 11 heavy (non-hydrogen) atoms. The SMILES string of the molecule is [2H]COC(=O)c1ccccc1O. The summed E-state index contributed by atoms with van der Waals surface area (Å²) in [5, 5.41) is 9.15. The van der Waals surface area contributed by atoms with E-state index in [2.05, 4.69) is 4.74 Å². The first-order valence-corrected chi connectivity index (χ1v) is 3.00. The maximum Gasteiger partial charge on any atom is 0.341 e. The van der Waals surface area contributed by atoms with Crippen molar-refractivity contribution in [1.82, 2.24) is 0 Å². The van der Waals surface area contributed by atoms with Crippen molar-refractivity contribution in [2.24, 2.45) is 0 Å². The predicted octanol–water partition coefficient (Wildman–Crippen LogP) is 1.18. The molecule has 0 unspecified atom stereocenters. The Hall–Kier alpha value is -1.51. The third-order valence-corrected chi connectivity index (χ3v) is 1.26.